The second-order valence-electron chi connectivity index (χ2n) is 6.15. The highest BCUT2D eigenvalue weighted by Gasteiger charge is 2.30. The van der Waals surface area contributed by atoms with Crippen molar-refractivity contribution in [1.82, 2.24) is 10.2 Å². The quantitative estimate of drug-likeness (QED) is 0.803. The molecule has 0 spiro atoms. The molecule has 2 saturated heterocycles. The number of ether oxygens (including phenoxy) is 2. The molecule has 2 aliphatic rings. The molecule has 2 atom stereocenters. The first kappa shape index (κ1) is 14.3. The van der Waals surface area contributed by atoms with Gasteiger partial charge in [-0.2, -0.15) is 0 Å². The van der Waals surface area contributed by atoms with Crippen molar-refractivity contribution >= 4 is 0 Å². The molecule has 0 radical (unpaired) electrons. The molecule has 2 fully saturated rings. The molecule has 106 valence electrons. The Bertz CT molecular complexity index is 252. The summed E-state index contributed by atoms with van der Waals surface area (Å²) in [5.74, 6) is 0. The Morgan fingerprint density at radius 2 is 2.22 bits per heavy atom. The molecular weight excluding hydrogens is 228 g/mol. The third kappa shape index (κ3) is 3.67. The van der Waals surface area contributed by atoms with Gasteiger partial charge in [0.2, 0.25) is 0 Å². The Balaban J connectivity index is 1.67. The summed E-state index contributed by atoms with van der Waals surface area (Å²) in [6.45, 7) is 12.6. The van der Waals surface area contributed by atoms with Gasteiger partial charge >= 0.3 is 0 Å². The molecule has 0 bridgehead atoms. The Morgan fingerprint density at radius 3 is 2.89 bits per heavy atom. The van der Waals surface area contributed by atoms with Gasteiger partial charge in [0, 0.05) is 37.8 Å². The van der Waals surface area contributed by atoms with Crippen LogP contribution in [0.3, 0.4) is 0 Å². The smallest absolute Gasteiger partial charge is 0.0726 e. The van der Waals surface area contributed by atoms with Crippen molar-refractivity contribution in [2.45, 2.75) is 51.3 Å². The molecule has 18 heavy (non-hydrogen) atoms. The fourth-order valence-electron chi connectivity index (χ4n) is 2.86. The largest absolute Gasteiger partial charge is 0.378 e. The molecule has 0 aliphatic carbocycles. The minimum atomic E-state index is 0.174. The summed E-state index contributed by atoms with van der Waals surface area (Å²) in [5, 5.41) is 3.60. The maximum Gasteiger partial charge on any atom is 0.0726 e. The molecule has 0 amide bonds. The minimum Gasteiger partial charge on any atom is -0.378 e. The molecule has 0 saturated carbocycles. The van der Waals surface area contributed by atoms with Crippen molar-refractivity contribution in [2.75, 3.05) is 39.5 Å². The zero-order chi connectivity index (χ0) is 13.0. The molecule has 0 aromatic rings. The fourth-order valence-corrected chi connectivity index (χ4v) is 2.86. The van der Waals surface area contributed by atoms with Gasteiger partial charge < -0.3 is 14.8 Å². The van der Waals surface area contributed by atoms with E-state index in [1.165, 1.54) is 12.8 Å². The zero-order valence-electron chi connectivity index (χ0n) is 12.1. The Hall–Kier alpha value is -0.160. The van der Waals surface area contributed by atoms with Crippen LogP contribution < -0.4 is 5.32 Å². The monoisotopic (exact) mass is 256 g/mol. The molecule has 2 aliphatic heterocycles. The average molecular weight is 256 g/mol. The van der Waals surface area contributed by atoms with Gasteiger partial charge in [0.25, 0.3) is 0 Å². The highest BCUT2D eigenvalue weighted by atomic mass is 16.5. The maximum atomic E-state index is 5.70. The molecule has 1 N–H and O–H groups in total. The van der Waals surface area contributed by atoms with Crippen LogP contribution in [0.5, 0.6) is 0 Å². The normalized spacial score (nSPS) is 30.5. The number of hydrogen-bond acceptors (Lipinski definition) is 4. The SMILES string of the molecule is CC(NCCN1CCOCC1(C)C)C1CCCO1. The minimum absolute atomic E-state index is 0.174. The van der Waals surface area contributed by atoms with Gasteiger partial charge in [-0.1, -0.05) is 0 Å². The van der Waals surface area contributed by atoms with Crippen LogP contribution in [-0.2, 0) is 9.47 Å². The predicted octanol–water partition coefficient (Wildman–Crippen LogP) is 1.25. The van der Waals surface area contributed by atoms with Crippen molar-refractivity contribution < 1.29 is 9.47 Å². The van der Waals surface area contributed by atoms with Crippen molar-refractivity contribution in [3.8, 4) is 0 Å². The van der Waals surface area contributed by atoms with E-state index in [2.05, 4.69) is 31.0 Å². The molecule has 4 heteroatoms. The summed E-state index contributed by atoms with van der Waals surface area (Å²) in [4.78, 5) is 2.52. The van der Waals surface area contributed by atoms with Gasteiger partial charge in [0.05, 0.1) is 19.3 Å². The third-order valence-electron chi connectivity index (χ3n) is 4.19. The molecule has 0 aromatic heterocycles. The van der Waals surface area contributed by atoms with E-state index < -0.39 is 0 Å². The molecule has 0 aromatic carbocycles. The summed E-state index contributed by atoms with van der Waals surface area (Å²) in [7, 11) is 0. The topological polar surface area (TPSA) is 33.7 Å². The Labute approximate surface area is 111 Å². The molecular formula is C14H28N2O2. The molecule has 4 nitrogen and oxygen atoms in total. The van der Waals surface area contributed by atoms with Crippen LogP contribution in [-0.4, -0.2) is 62.0 Å². The van der Waals surface area contributed by atoms with E-state index in [-0.39, 0.29) is 5.54 Å². The van der Waals surface area contributed by atoms with E-state index in [1.54, 1.807) is 0 Å². The standard InChI is InChI=1S/C14H28N2O2/c1-12(13-5-4-9-18-13)15-6-7-16-8-10-17-11-14(16,2)3/h12-13,15H,4-11H2,1-3H3. The van der Waals surface area contributed by atoms with Crippen molar-refractivity contribution in [1.29, 1.82) is 0 Å². The van der Waals surface area contributed by atoms with Gasteiger partial charge in [-0.25, -0.2) is 0 Å². The van der Waals surface area contributed by atoms with Gasteiger partial charge in [-0.05, 0) is 33.6 Å². The lowest BCUT2D eigenvalue weighted by atomic mass is 10.0. The summed E-state index contributed by atoms with van der Waals surface area (Å²) in [5.41, 5.74) is 0.174. The maximum absolute atomic E-state index is 5.70. The van der Waals surface area contributed by atoms with Crippen LogP contribution in [0.2, 0.25) is 0 Å². The lowest BCUT2D eigenvalue weighted by Gasteiger charge is -2.42. The summed E-state index contributed by atoms with van der Waals surface area (Å²) in [6.07, 6.45) is 2.84. The Morgan fingerprint density at radius 1 is 1.39 bits per heavy atom. The fraction of sp³-hybridized carbons (Fsp3) is 1.00. The summed E-state index contributed by atoms with van der Waals surface area (Å²) in [6, 6.07) is 0.469. The van der Waals surface area contributed by atoms with E-state index in [9.17, 15) is 0 Å². The van der Waals surface area contributed by atoms with Gasteiger partial charge in [-0.3, -0.25) is 4.90 Å². The highest BCUT2D eigenvalue weighted by Crippen LogP contribution is 2.18. The molecule has 2 unspecified atom stereocenters. The molecule has 2 rings (SSSR count). The second-order valence-corrected chi connectivity index (χ2v) is 6.15. The lowest BCUT2D eigenvalue weighted by molar-refractivity contribution is -0.0506. The van der Waals surface area contributed by atoms with Crippen LogP contribution in [0.1, 0.15) is 33.6 Å². The summed E-state index contributed by atoms with van der Waals surface area (Å²) < 4.78 is 11.2. The van der Waals surface area contributed by atoms with Crippen molar-refractivity contribution in [3.05, 3.63) is 0 Å². The number of nitrogens with one attached hydrogen (secondary N) is 1. The average Bonchev–Trinajstić information content (AvgIpc) is 2.84. The van der Waals surface area contributed by atoms with Crippen LogP contribution in [0.25, 0.3) is 0 Å². The van der Waals surface area contributed by atoms with Gasteiger partial charge in [-0.15, -0.1) is 0 Å². The zero-order valence-corrected chi connectivity index (χ0v) is 12.1. The first-order valence-electron chi connectivity index (χ1n) is 7.27. The number of nitrogens with zero attached hydrogens (tertiary/aromatic N) is 1. The van der Waals surface area contributed by atoms with E-state index in [4.69, 9.17) is 9.47 Å². The highest BCUT2D eigenvalue weighted by molar-refractivity contribution is 4.85. The predicted molar refractivity (Wildman–Crippen MR) is 72.9 cm³/mol. The van der Waals surface area contributed by atoms with E-state index in [1.807, 2.05) is 0 Å². The molecule has 2 heterocycles. The van der Waals surface area contributed by atoms with Crippen LogP contribution in [0, 0.1) is 0 Å². The summed E-state index contributed by atoms with van der Waals surface area (Å²) >= 11 is 0. The van der Waals surface area contributed by atoms with Crippen LogP contribution >= 0.6 is 0 Å². The first-order chi connectivity index (χ1) is 8.59. The van der Waals surface area contributed by atoms with Crippen molar-refractivity contribution in [3.63, 3.8) is 0 Å². The van der Waals surface area contributed by atoms with Crippen LogP contribution in [0.4, 0.5) is 0 Å². The first-order valence-corrected chi connectivity index (χ1v) is 7.27. The van der Waals surface area contributed by atoms with Gasteiger partial charge in [0.1, 0.15) is 0 Å². The van der Waals surface area contributed by atoms with E-state index >= 15 is 0 Å². The Kier molecular flexibility index (Phi) is 5.01. The van der Waals surface area contributed by atoms with Crippen LogP contribution in [0.15, 0.2) is 0 Å². The third-order valence-corrected chi connectivity index (χ3v) is 4.19. The number of morpholine rings is 1. The van der Waals surface area contributed by atoms with Gasteiger partial charge in [0.15, 0.2) is 0 Å². The number of rotatable bonds is 5. The van der Waals surface area contributed by atoms with E-state index in [0.29, 0.717) is 12.1 Å². The van der Waals surface area contributed by atoms with Crippen molar-refractivity contribution in [2.24, 2.45) is 0 Å². The van der Waals surface area contributed by atoms with E-state index in [0.717, 1.165) is 39.5 Å². The number of hydrogen-bond donors (Lipinski definition) is 1. The lowest BCUT2D eigenvalue weighted by Crippen LogP contribution is -2.55. The second kappa shape index (κ2) is 6.33.